The molecule has 0 aromatic carbocycles. The van der Waals surface area contributed by atoms with Gasteiger partial charge < -0.3 is 9.88 Å². The maximum atomic E-state index is 14.5. The molecular formula is C27H24F4N8O. The number of nitrogens with one attached hydrogen (secondary N) is 1. The summed E-state index contributed by atoms with van der Waals surface area (Å²) in [5.41, 5.74) is -0.392. The lowest BCUT2D eigenvalue weighted by molar-refractivity contribution is -0.143. The molecule has 0 saturated carbocycles. The second kappa shape index (κ2) is 9.71. The zero-order chi connectivity index (χ0) is 28.1. The highest BCUT2D eigenvalue weighted by Crippen LogP contribution is 2.37. The Kier molecular flexibility index (Phi) is 6.29. The van der Waals surface area contributed by atoms with E-state index >= 15 is 0 Å². The number of fused-ring (bicyclic) bond motifs is 1. The molecule has 9 nitrogen and oxygen atoms in total. The van der Waals surface area contributed by atoms with Gasteiger partial charge in [0, 0.05) is 67.9 Å². The zero-order valence-corrected chi connectivity index (χ0v) is 21.2. The van der Waals surface area contributed by atoms with Gasteiger partial charge >= 0.3 is 6.18 Å². The molecule has 206 valence electrons. The maximum absolute atomic E-state index is 14.5. The Hall–Kier alpha value is -4.31. The Labute approximate surface area is 226 Å². The van der Waals surface area contributed by atoms with Crippen molar-refractivity contribution in [3.8, 4) is 17.5 Å². The Morgan fingerprint density at radius 3 is 2.60 bits per heavy atom. The first-order chi connectivity index (χ1) is 19.2. The average Bonchev–Trinajstić information content (AvgIpc) is 3.60. The van der Waals surface area contributed by atoms with E-state index in [9.17, 15) is 27.6 Å². The Bertz CT molecular complexity index is 1610. The van der Waals surface area contributed by atoms with E-state index in [4.69, 9.17) is 5.10 Å². The molecule has 0 radical (unpaired) electrons. The lowest BCUT2D eigenvalue weighted by atomic mass is 9.84. The van der Waals surface area contributed by atoms with E-state index in [2.05, 4.69) is 25.9 Å². The predicted octanol–water partition coefficient (Wildman–Crippen LogP) is 4.21. The molecule has 40 heavy (non-hydrogen) atoms. The van der Waals surface area contributed by atoms with Crippen LogP contribution in [0.4, 0.5) is 17.6 Å². The van der Waals surface area contributed by atoms with E-state index in [0.29, 0.717) is 31.6 Å². The van der Waals surface area contributed by atoms with Crippen molar-refractivity contribution in [1.29, 1.82) is 5.26 Å². The van der Waals surface area contributed by atoms with Gasteiger partial charge in [-0.2, -0.15) is 23.5 Å². The van der Waals surface area contributed by atoms with Gasteiger partial charge in [0.25, 0.3) is 5.91 Å². The van der Waals surface area contributed by atoms with Crippen LogP contribution in [0.3, 0.4) is 0 Å². The topological polar surface area (TPSA) is 107 Å². The molecule has 2 fully saturated rings. The molecule has 0 atom stereocenters. The first kappa shape index (κ1) is 25.9. The van der Waals surface area contributed by atoms with E-state index in [1.807, 2.05) is 35.3 Å². The summed E-state index contributed by atoms with van der Waals surface area (Å²) in [5, 5.41) is 15.3. The van der Waals surface area contributed by atoms with Crippen LogP contribution in [0.2, 0.25) is 0 Å². The van der Waals surface area contributed by atoms with Crippen molar-refractivity contribution in [2.45, 2.75) is 37.0 Å². The summed E-state index contributed by atoms with van der Waals surface area (Å²) in [5.74, 6) is -2.42. The molecular weight excluding hydrogens is 528 g/mol. The van der Waals surface area contributed by atoms with Crippen LogP contribution in [0.5, 0.6) is 0 Å². The van der Waals surface area contributed by atoms with Crippen LogP contribution in [0, 0.1) is 17.1 Å². The lowest BCUT2D eigenvalue weighted by Gasteiger charge is -2.53. The third kappa shape index (κ3) is 4.38. The number of nitriles is 1. The molecule has 0 spiro atoms. The third-order valence-electron chi connectivity index (χ3n) is 7.86. The van der Waals surface area contributed by atoms with Gasteiger partial charge in [-0.1, -0.05) is 0 Å². The molecule has 0 unspecified atom stereocenters. The lowest BCUT2D eigenvalue weighted by Crippen LogP contribution is -2.66. The Morgan fingerprint density at radius 1 is 1.12 bits per heavy atom. The molecule has 1 N–H and O–H groups in total. The first-order valence-electron chi connectivity index (χ1n) is 12.8. The monoisotopic (exact) mass is 552 g/mol. The second-order valence-corrected chi connectivity index (χ2v) is 10.3. The highest BCUT2D eigenvalue weighted by atomic mass is 19.4. The zero-order valence-electron chi connectivity index (χ0n) is 21.2. The number of rotatable bonds is 5. The van der Waals surface area contributed by atoms with Gasteiger partial charge in [-0.05, 0) is 37.1 Å². The second-order valence-electron chi connectivity index (χ2n) is 10.3. The summed E-state index contributed by atoms with van der Waals surface area (Å²) in [6.45, 7) is 1.76. The van der Waals surface area contributed by atoms with Crippen LogP contribution in [0.1, 0.15) is 35.3 Å². The minimum atomic E-state index is -4.98. The van der Waals surface area contributed by atoms with Crippen molar-refractivity contribution in [1.82, 2.24) is 34.5 Å². The molecule has 2 saturated heterocycles. The highest BCUT2D eigenvalue weighted by Gasteiger charge is 2.48. The fraction of sp³-hybridized carbons (Fsp3) is 0.370. The van der Waals surface area contributed by atoms with E-state index in [1.165, 1.54) is 4.90 Å². The number of nitrogens with zero attached hydrogens (tertiary/aromatic N) is 7. The third-order valence-corrected chi connectivity index (χ3v) is 7.86. The van der Waals surface area contributed by atoms with Crippen LogP contribution in [-0.4, -0.2) is 72.7 Å². The van der Waals surface area contributed by atoms with E-state index in [1.54, 1.807) is 6.20 Å². The highest BCUT2D eigenvalue weighted by molar-refractivity contribution is 5.94. The maximum Gasteiger partial charge on any atom is 0.436 e. The van der Waals surface area contributed by atoms with Gasteiger partial charge in [0.1, 0.15) is 11.2 Å². The summed E-state index contributed by atoms with van der Waals surface area (Å²) in [7, 11) is 0. The molecule has 4 aromatic heterocycles. The number of aromatic nitrogens is 5. The molecule has 6 heterocycles. The van der Waals surface area contributed by atoms with E-state index in [-0.39, 0.29) is 25.6 Å². The van der Waals surface area contributed by atoms with Gasteiger partial charge in [0.2, 0.25) is 0 Å². The van der Waals surface area contributed by atoms with Crippen molar-refractivity contribution in [3.63, 3.8) is 0 Å². The van der Waals surface area contributed by atoms with Gasteiger partial charge in [0.15, 0.2) is 11.5 Å². The quantitative estimate of drug-likeness (QED) is 0.372. The summed E-state index contributed by atoms with van der Waals surface area (Å²) < 4.78 is 55.4. The van der Waals surface area contributed by atoms with Gasteiger partial charge in [-0.15, -0.1) is 0 Å². The van der Waals surface area contributed by atoms with Gasteiger partial charge in [-0.3, -0.25) is 19.4 Å². The minimum absolute atomic E-state index is 0.120. The number of amides is 1. The van der Waals surface area contributed by atoms with Crippen LogP contribution < -0.4 is 0 Å². The number of likely N-dealkylation sites (tertiary alicyclic amines) is 2. The first-order valence-corrected chi connectivity index (χ1v) is 12.8. The number of carbonyl (C=O) groups is 1. The number of H-pyrrole nitrogens is 1. The van der Waals surface area contributed by atoms with Crippen LogP contribution in [0.25, 0.3) is 22.3 Å². The molecule has 4 aromatic rings. The molecule has 2 aliphatic rings. The predicted molar refractivity (Wildman–Crippen MR) is 135 cm³/mol. The molecule has 1 amide bonds. The normalized spacial score (nSPS) is 18.0. The number of carbonyl (C=O) groups excluding carboxylic acids is 1. The molecule has 13 heteroatoms. The number of hydrogen-bond donors (Lipinski definition) is 1. The summed E-state index contributed by atoms with van der Waals surface area (Å²) in [4.78, 5) is 27.2. The number of pyridine rings is 2. The largest absolute Gasteiger partial charge is 0.436 e. The van der Waals surface area contributed by atoms with Crippen molar-refractivity contribution >= 4 is 16.8 Å². The molecule has 0 aliphatic carbocycles. The van der Waals surface area contributed by atoms with Crippen LogP contribution >= 0.6 is 0 Å². The number of alkyl halides is 3. The van der Waals surface area contributed by atoms with Crippen molar-refractivity contribution in [2.24, 2.45) is 0 Å². The number of halogens is 4. The minimum Gasteiger partial charge on any atom is -0.361 e. The number of aromatic amines is 1. The molecule has 0 bridgehead atoms. The van der Waals surface area contributed by atoms with Crippen molar-refractivity contribution in [2.75, 3.05) is 26.2 Å². The summed E-state index contributed by atoms with van der Waals surface area (Å²) in [6, 6.07) is 9.12. The van der Waals surface area contributed by atoms with Crippen LogP contribution in [0.15, 0.2) is 49.1 Å². The van der Waals surface area contributed by atoms with Gasteiger partial charge in [0.05, 0.1) is 23.7 Å². The van der Waals surface area contributed by atoms with Crippen LogP contribution in [-0.2, 0) is 11.7 Å². The Morgan fingerprint density at radius 2 is 1.88 bits per heavy atom. The van der Waals surface area contributed by atoms with Crippen molar-refractivity contribution < 1.29 is 22.4 Å². The fourth-order valence-corrected chi connectivity index (χ4v) is 5.76. The van der Waals surface area contributed by atoms with E-state index in [0.717, 1.165) is 28.9 Å². The summed E-state index contributed by atoms with van der Waals surface area (Å²) >= 11 is 0. The smallest absolute Gasteiger partial charge is 0.361 e. The standard InChI is InChI=1S/C27H24F4N8O/c28-22-19(2-10-35-24(22)27(29,30)31)25(40)37-12-4-17(5-13-37)38-15-26(16-38,7-8-32)39-14-6-21(36-39)23-18-1-9-33-20(18)3-11-34-23/h1-3,6,9-11,14,17,33H,4-5,7,12-13,15-16H2. The number of piperidine rings is 1. The average molecular weight is 553 g/mol. The van der Waals surface area contributed by atoms with Gasteiger partial charge in [-0.25, -0.2) is 9.37 Å². The van der Waals surface area contributed by atoms with Crippen molar-refractivity contribution in [3.05, 3.63) is 66.1 Å². The molecule has 6 rings (SSSR count). The number of hydrogen-bond acceptors (Lipinski definition) is 6. The molecule has 2 aliphatic heterocycles. The van der Waals surface area contributed by atoms with E-state index < -0.39 is 34.7 Å². The Balaban J connectivity index is 1.12. The summed E-state index contributed by atoms with van der Waals surface area (Å²) in [6.07, 6.45) is 2.69. The fourth-order valence-electron chi connectivity index (χ4n) is 5.76. The SMILES string of the molecule is N#CCC1(n2ccc(-c3nccc4[nH]ccc34)n2)CN(C2CCN(C(=O)c3ccnc(C(F)(F)F)c3F)CC2)C1.